The van der Waals surface area contributed by atoms with Crippen LogP contribution < -0.4 is 0 Å². The molecule has 4 fully saturated rings. The summed E-state index contributed by atoms with van der Waals surface area (Å²) in [4.78, 5) is 40.7. The van der Waals surface area contributed by atoms with E-state index in [2.05, 4.69) is 4.74 Å². The summed E-state index contributed by atoms with van der Waals surface area (Å²) in [5.41, 5.74) is 2.99. The average molecular weight is 1170 g/mol. The number of nitrogens with zero attached hydrogens (tertiary/aromatic N) is 1. The molecule has 26 nitrogen and oxygen atoms in total. The fraction of sp³-hybridized carbons (Fsp3) is 0.526. The number of aliphatic hydroxyl groups is 9. The van der Waals surface area contributed by atoms with Crippen molar-refractivity contribution in [1.29, 1.82) is 0 Å². The predicted octanol–water partition coefficient (Wildman–Crippen LogP) is -1.08. The van der Waals surface area contributed by atoms with Gasteiger partial charge < -0.3 is 112 Å². The molecule has 4 aliphatic rings. The Kier molecular flexibility index (Phi) is 23.2. The van der Waals surface area contributed by atoms with E-state index >= 15 is 0 Å². The maximum atomic E-state index is 13.5. The van der Waals surface area contributed by atoms with Gasteiger partial charge in [0, 0.05) is 13.1 Å². The molecular weight excluding hydrogens is 1100 g/mol. The van der Waals surface area contributed by atoms with E-state index in [4.69, 9.17) is 56.8 Å². The van der Waals surface area contributed by atoms with Crippen molar-refractivity contribution in [2.75, 3.05) is 40.6 Å². The molecule has 4 heterocycles. The minimum atomic E-state index is -2.17. The number of methoxy groups -OCH3 is 2. The van der Waals surface area contributed by atoms with Gasteiger partial charge in [-0.05, 0) is 22.3 Å². The van der Waals surface area contributed by atoms with Crippen molar-refractivity contribution in [2.24, 2.45) is 0 Å². The molecule has 9 N–H and O–H groups in total. The molecule has 4 saturated heterocycles. The second-order valence-corrected chi connectivity index (χ2v) is 20.0. The third-order valence-corrected chi connectivity index (χ3v) is 14.2. The van der Waals surface area contributed by atoms with Gasteiger partial charge in [0.05, 0.1) is 47.3 Å². The van der Waals surface area contributed by atoms with Crippen molar-refractivity contribution in [3.05, 3.63) is 144 Å². The molecule has 0 unspecified atom stereocenters. The number of rotatable bonds is 24. The summed E-state index contributed by atoms with van der Waals surface area (Å²) >= 11 is 0. The molecule has 4 aliphatic heterocycles. The molecule has 0 aliphatic carbocycles. The zero-order valence-corrected chi connectivity index (χ0v) is 45.3. The molecule has 83 heavy (non-hydrogen) atoms. The number of carbonyl (C=O) groups is 3. The Balaban J connectivity index is 0.995. The Morgan fingerprint density at radius 1 is 0.434 bits per heavy atom. The third-order valence-electron chi connectivity index (χ3n) is 14.2. The molecule has 0 aromatic heterocycles. The molecular formula is C57H71NO25. The Morgan fingerprint density at radius 2 is 0.831 bits per heavy atom. The minimum Gasteiger partial charge on any atom is -0.467 e. The fourth-order valence-corrected chi connectivity index (χ4v) is 9.68. The first-order valence-corrected chi connectivity index (χ1v) is 26.8. The maximum absolute atomic E-state index is 13.5. The number of ether oxygens (including phenoxy) is 13. The highest BCUT2D eigenvalue weighted by molar-refractivity contribution is 5.76. The van der Waals surface area contributed by atoms with Crippen LogP contribution in [0.15, 0.2) is 121 Å². The smallest absolute Gasteiger partial charge is 0.410 e. The lowest BCUT2D eigenvalue weighted by Crippen LogP contribution is -2.68. The van der Waals surface area contributed by atoms with Gasteiger partial charge in [0.1, 0.15) is 92.1 Å². The van der Waals surface area contributed by atoms with Gasteiger partial charge in [-0.15, -0.1) is 0 Å². The van der Waals surface area contributed by atoms with Crippen LogP contribution in [0.1, 0.15) is 22.3 Å². The van der Waals surface area contributed by atoms with Gasteiger partial charge in [-0.3, -0.25) is 0 Å². The van der Waals surface area contributed by atoms with Gasteiger partial charge >= 0.3 is 18.0 Å². The molecule has 20 atom stereocenters. The second-order valence-electron chi connectivity index (χ2n) is 20.0. The van der Waals surface area contributed by atoms with E-state index in [1.54, 1.807) is 54.6 Å². The van der Waals surface area contributed by atoms with Crippen LogP contribution in [0.4, 0.5) is 4.79 Å². The van der Waals surface area contributed by atoms with Crippen molar-refractivity contribution in [3.8, 4) is 0 Å². The van der Waals surface area contributed by atoms with Crippen molar-refractivity contribution >= 4 is 18.0 Å². The Morgan fingerprint density at radius 3 is 1.33 bits per heavy atom. The third kappa shape index (κ3) is 16.2. The number of amides is 1. The van der Waals surface area contributed by atoms with Gasteiger partial charge in [0.2, 0.25) is 0 Å². The standard InChI is InChI=1S/C57H71NO25/c1-71-51(68)49-38(60)37(59)41(63)55(82-49)79-47-36(30-74-27-33-19-11-5-12-20-33)78-54(43(65)40(47)62)81-48-44(66)50(52(69)72-2)83-56(45(48)67)80-46-35(29-73-26-32-17-9-4-10-18-32)77-53(42(64)39(46)61)75-24-23-58(25-31-15-7-3-8-16-31)57(70)76-28-34-21-13-6-14-22-34/h3-22,35-50,53-56,59-67H,23-30H2,1-2H3/t35-,36-,37+,38+,39-,40-,41-,42-,43-,44+,45-,46-,47-,48+,49+,50+,53-,54+,55-,56-/m1/s1. The SMILES string of the molecule is COC(=O)[C@H]1O[C@@H](O[C@H]2[C@H](O)[C@@H](O)[C@H](O[C@@H]3[C@@H](O)[C@H](O[C@H]4[C@H](O)[C@@H](O)[C@H](OCCN(Cc5ccccc5)C(=O)OCc5ccccc5)O[C@@H]4COCc4ccccc4)O[C@H](C(=O)OC)[C@H]3O)O[C@@H]2COCc2ccccc2)[C@H](O)[C@@H](O)[C@@H]1O. The van der Waals surface area contributed by atoms with Crippen LogP contribution in [0.3, 0.4) is 0 Å². The largest absolute Gasteiger partial charge is 0.467 e. The molecule has 454 valence electrons. The van der Waals surface area contributed by atoms with E-state index in [-0.39, 0.29) is 46.1 Å². The molecule has 1 amide bonds. The summed E-state index contributed by atoms with van der Waals surface area (Å²) in [6.45, 7) is -1.04. The van der Waals surface area contributed by atoms with Crippen LogP contribution in [0.5, 0.6) is 0 Å². The van der Waals surface area contributed by atoms with E-state index in [1.807, 2.05) is 66.7 Å². The van der Waals surface area contributed by atoms with Crippen molar-refractivity contribution in [2.45, 2.75) is 149 Å². The van der Waals surface area contributed by atoms with Gasteiger partial charge in [-0.25, -0.2) is 14.4 Å². The molecule has 26 heteroatoms. The summed E-state index contributed by atoms with van der Waals surface area (Å²) in [6, 6.07) is 36.0. The van der Waals surface area contributed by atoms with Gasteiger partial charge in [-0.1, -0.05) is 121 Å². The van der Waals surface area contributed by atoms with Gasteiger partial charge in [0.15, 0.2) is 37.4 Å². The zero-order chi connectivity index (χ0) is 59.2. The van der Waals surface area contributed by atoms with E-state index in [0.717, 1.165) is 30.9 Å². The number of esters is 2. The van der Waals surface area contributed by atoms with Crippen LogP contribution in [0, 0.1) is 0 Å². The normalized spacial score (nSPS) is 33.6. The van der Waals surface area contributed by atoms with Crippen LogP contribution in [-0.2, 0) is 97.5 Å². The number of carbonyl (C=O) groups excluding carboxylic acids is 3. The molecule has 0 saturated carbocycles. The molecule has 4 aromatic carbocycles. The summed E-state index contributed by atoms with van der Waals surface area (Å²) in [7, 11) is 1.96. The highest BCUT2D eigenvalue weighted by Crippen LogP contribution is 2.36. The van der Waals surface area contributed by atoms with Crippen molar-refractivity contribution in [3.63, 3.8) is 0 Å². The summed E-state index contributed by atoms with van der Waals surface area (Å²) in [5.74, 6) is -2.35. The van der Waals surface area contributed by atoms with E-state index in [1.165, 1.54) is 4.90 Å². The zero-order valence-electron chi connectivity index (χ0n) is 45.3. The summed E-state index contributed by atoms with van der Waals surface area (Å²) < 4.78 is 74.9. The highest BCUT2D eigenvalue weighted by Gasteiger charge is 2.57. The number of hydrogen-bond donors (Lipinski definition) is 9. The van der Waals surface area contributed by atoms with E-state index in [0.29, 0.717) is 5.56 Å². The first kappa shape index (κ1) is 63.4. The lowest BCUT2D eigenvalue weighted by molar-refractivity contribution is -0.386. The summed E-state index contributed by atoms with van der Waals surface area (Å²) in [5, 5.41) is 103. The Bertz CT molecular complexity index is 2600. The van der Waals surface area contributed by atoms with Crippen LogP contribution in [0.25, 0.3) is 0 Å². The molecule has 8 rings (SSSR count). The Labute approximate surface area is 476 Å². The summed E-state index contributed by atoms with van der Waals surface area (Å²) in [6.07, 6.45) is -39.0. The van der Waals surface area contributed by atoms with Gasteiger partial charge in [-0.2, -0.15) is 0 Å². The number of aliphatic hydroxyl groups excluding tert-OH is 9. The van der Waals surface area contributed by atoms with Crippen LogP contribution >= 0.6 is 0 Å². The second kappa shape index (κ2) is 30.4. The fourth-order valence-electron chi connectivity index (χ4n) is 9.68. The first-order valence-electron chi connectivity index (χ1n) is 26.8. The van der Waals surface area contributed by atoms with Crippen LogP contribution in [-0.4, -0.2) is 232 Å². The minimum absolute atomic E-state index is 0.00734. The van der Waals surface area contributed by atoms with Crippen LogP contribution in [0.2, 0.25) is 0 Å². The Hall–Kier alpha value is -5.67. The van der Waals surface area contributed by atoms with Crippen molar-refractivity contribution < 1.29 is 122 Å². The number of hydrogen-bond acceptors (Lipinski definition) is 25. The lowest BCUT2D eigenvalue weighted by atomic mass is 9.95. The molecule has 0 radical (unpaired) electrons. The van der Waals surface area contributed by atoms with Crippen molar-refractivity contribution in [1.82, 2.24) is 4.90 Å². The quantitative estimate of drug-likeness (QED) is 0.0298. The van der Waals surface area contributed by atoms with E-state index < -0.39 is 147 Å². The average Bonchev–Trinajstić information content (AvgIpc) is 2.90. The molecule has 0 bridgehead atoms. The predicted molar refractivity (Wildman–Crippen MR) is 279 cm³/mol. The topological polar surface area (TPSA) is 357 Å². The monoisotopic (exact) mass is 1170 g/mol. The molecule has 4 aromatic rings. The lowest BCUT2D eigenvalue weighted by Gasteiger charge is -2.49. The first-order chi connectivity index (χ1) is 40.1. The maximum Gasteiger partial charge on any atom is 0.410 e. The molecule has 0 spiro atoms. The number of benzene rings is 4. The van der Waals surface area contributed by atoms with Gasteiger partial charge in [0.25, 0.3) is 0 Å². The van der Waals surface area contributed by atoms with E-state index in [9.17, 15) is 60.3 Å². The highest BCUT2D eigenvalue weighted by atomic mass is 16.8.